The molecule has 1 aromatic heterocycles. The van der Waals surface area contributed by atoms with E-state index >= 15 is 0 Å². The standard InChI is InChI=1S/C6H5ClFNS/c1-10-5-2-4(8)3-9-6(5)7/h2-3H,1H3. The van der Waals surface area contributed by atoms with Gasteiger partial charge in [0, 0.05) is 4.90 Å². The summed E-state index contributed by atoms with van der Waals surface area (Å²) in [5.41, 5.74) is 0. The molecule has 1 rings (SSSR count). The molecule has 0 atom stereocenters. The maximum atomic E-state index is 12.4. The summed E-state index contributed by atoms with van der Waals surface area (Å²) in [4.78, 5) is 4.29. The Bertz CT molecular complexity index is 241. The third-order valence-corrected chi connectivity index (χ3v) is 2.16. The number of hydrogen-bond acceptors (Lipinski definition) is 2. The average Bonchev–Trinajstić information content (AvgIpc) is 1.94. The summed E-state index contributed by atoms with van der Waals surface area (Å²) < 4.78 is 12.4. The molecule has 0 amide bonds. The number of rotatable bonds is 1. The van der Waals surface area contributed by atoms with Gasteiger partial charge < -0.3 is 0 Å². The van der Waals surface area contributed by atoms with Crippen LogP contribution in [-0.4, -0.2) is 11.2 Å². The van der Waals surface area contributed by atoms with Crippen LogP contribution < -0.4 is 0 Å². The van der Waals surface area contributed by atoms with Gasteiger partial charge in [-0.15, -0.1) is 11.8 Å². The Kier molecular flexibility index (Phi) is 2.51. The van der Waals surface area contributed by atoms with Gasteiger partial charge in [0.25, 0.3) is 0 Å². The second-order valence-corrected chi connectivity index (χ2v) is 2.85. The molecule has 54 valence electrons. The lowest BCUT2D eigenvalue weighted by Crippen LogP contribution is -1.81. The van der Waals surface area contributed by atoms with E-state index in [-0.39, 0.29) is 5.82 Å². The molecule has 0 saturated carbocycles. The van der Waals surface area contributed by atoms with Crippen LogP contribution >= 0.6 is 23.4 Å². The van der Waals surface area contributed by atoms with Gasteiger partial charge in [-0.2, -0.15) is 0 Å². The Hall–Kier alpha value is -0.280. The van der Waals surface area contributed by atoms with Crippen LogP contribution in [0.2, 0.25) is 5.15 Å². The van der Waals surface area contributed by atoms with Crippen LogP contribution in [0.4, 0.5) is 4.39 Å². The van der Waals surface area contributed by atoms with Gasteiger partial charge in [0.15, 0.2) is 0 Å². The highest BCUT2D eigenvalue weighted by Gasteiger charge is 2.00. The van der Waals surface area contributed by atoms with Gasteiger partial charge in [0.1, 0.15) is 11.0 Å². The molecule has 4 heteroatoms. The zero-order chi connectivity index (χ0) is 7.56. The summed E-state index contributed by atoms with van der Waals surface area (Å²) in [7, 11) is 0. The minimum Gasteiger partial charge on any atom is -0.240 e. The fraction of sp³-hybridized carbons (Fsp3) is 0.167. The normalized spacial score (nSPS) is 9.90. The predicted molar refractivity (Wildman–Crippen MR) is 41.0 cm³/mol. The first kappa shape index (κ1) is 7.82. The van der Waals surface area contributed by atoms with Crippen LogP contribution in [0.1, 0.15) is 0 Å². The van der Waals surface area contributed by atoms with Crippen LogP contribution in [-0.2, 0) is 0 Å². The van der Waals surface area contributed by atoms with Crippen LogP contribution in [0, 0.1) is 5.82 Å². The van der Waals surface area contributed by atoms with Crippen molar-refractivity contribution in [3.05, 3.63) is 23.2 Å². The summed E-state index contributed by atoms with van der Waals surface area (Å²) in [6.07, 6.45) is 2.92. The third-order valence-electron chi connectivity index (χ3n) is 0.993. The summed E-state index contributed by atoms with van der Waals surface area (Å²) in [5.74, 6) is -0.353. The summed E-state index contributed by atoms with van der Waals surface area (Å²) in [6, 6.07) is 1.36. The Morgan fingerprint density at radius 3 is 2.90 bits per heavy atom. The number of nitrogens with zero attached hydrogens (tertiary/aromatic N) is 1. The lowest BCUT2D eigenvalue weighted by Gasteiger charge is -1.96. The van der Waals surface area contributed by atoms with Crippen molar-refractivity contribution in [1.82, 2.24) is 4.98 Å². The first-order valence-electron chi connectivity index (χ1n) is 2.59. The van der Waals surface area contributed by atoms with Gasteiger partial charge in [-0.1, -0.05) is 11.6 Å². The highest BCUT2D eigenvalue weighted by atomic mass is 35.5. The SMILES string of the molecule is CSc1cc(F)cnc1Cl. The quantitative estimate of drug-likeness (QED) is 0.483. The highest BCUT2D eigenvalue weighted by molar-refractivity contribution is 7.98. The van der Waals surface area contributed by atoms with Gasteiger partial charge in [-0.3, -0.25) is 0 Å². The zero-order valence-corrected chi connectivity index (χ0v) is 6.84. The monoisotopic (exact) mass is 177 g/mol. The van der Waals surface area contributed by atoms with Gasteiger partial charge in [0.2, 0.25) is 0 Å². The topological polar surface area (TPSA) is 12.9 Å². The van der Waals surface area contributed by atoms with E-state index in [0.29, 0.717) is 10.0 Å². The van der Waals surface area contributed by atoms with Gasteiger partial charge in [-0.25, -0.2) is 9.37 Å². The smallest absolute Gasteiger partial charge is 0.142 e. The van der Waals surface area contributed by atoms with E-state index in [1.165, 1.54) is 17.8 Å². The summed E-state index contributed by atoms with van der Waals surface area (Å²) in [5, 5.41) is 0.355. The molecule has 0 aliphatic carbocycles. The Morgan fingerprint density at radius 2 is 2.40 bits per heavy atom. The zero-order valence-electron chi connectivity index (χ0n) is 5.27. The third kappa shape index (κ3) is 1.61. The maximum Gasteiger partial charge on any atom is 0.142 e. The molecule has 1 nitrogen and oxygen atoms in total. The minimum atomic E-state index is -0.353. The summed E-state index contributed by atoms with van der Waals surface area (Å²) in [6.45, 7) is 0. The van der Waals surface area contributed by atoms with Crippen LogP contribution in [0.3, 0.4) is 0 Å². The molecule has 0 radical (unpaired) electrons. The Labute approximate surface area is 67.6 Å². The Balaban J connectivity index is 3.09. The summed E-state index contributed by atoms with van der Waals surface area (Å²) >= 11 is 6.97. The maximum absolute atomic E-state index is 12.4. The largest absolute Gasteiger partial charge is 0.240 e. The molecule has 0 fully saturated rings. The number of pyridine rings is 1. The van der Waals surface area contributed by atoms with Crippen molar-refractivity contribution >= 4 is 23.4 Å². The van der Waals surface area contributed by atoms with E-state index in [0.717, 1.165) is 6.20 Å². The van der Waals surface area contributed by atoms with Crippen molar-refractivity contribution in [2.75, 3.05) is 6.26 Å². The fourth-order valence-corrected chi connectivity index (χ4v) is 1.33. The molecule has 0 aliphatic rings. The molecular weight excluding hydrogens is 173 g/mol. The van der Waals surface area contributed by atoms with Crippen molar-refractivity contribution in [3.63, 3.8) is 0 Å². The molecule has 10 heavy (non-hydrogen) atoms. The highest BCUT2D eigenvalue weighted by Crippen LogP contribution is 2.22. The van der Waals surface area contributed by atoms with E-state index < -0.39 is 0 Å². The first-order valence-corrected chi connectivity index (χ1v) is 4.19. The number of aromatic nitrogens is 1. The van der Waals surface area contributed by atoms with E-state index in [2.05, 4.69) is 4.98 Å². The van der Waals surface area contributed by atoms with Crippen molar-refractivity contribution in [3.8, 4) is 0 Å². The second-order valence-electron chi connectivity index (χ2n) is 1.65. The predicted octanol–water partition coefficient (Wildman–Crippen LogP) is 2.60. The number of halogens is 2. The van der Waals surface area contributed by atoms with Crippen LogP contribution in [0.15, 0.2) is 17.2 Å². The van der Waals surface area contributed by atoms with Crippen LogP contribution in [0.25, 0.3) is 0 Å². The van der Waals surface area contributed by atoms with Crippen molar-refractivity contribution < 1.29 is 4.39 Å². The van der Waals surface area contributed by atoms with E-state index in [1.54, 1.807) is 0 Å². The van der Waals surface area contributed by atoms with Crippen molar-refractivity contribution in [2.45, 2.75) is 4.90 Å². The van der Waals surface area contributed by atoms with E-state index in [1.807, 2.05) is 6.26 Å². The van der Waals surface area contributed by atoms with E-state index in [4.69, 9.17) is 11.6 Å². The Morgan fingerprint density at radius 1 is 1.70 bits per heavy atom. The molecule has 0 aromatic carbocycles. The van der Waals surface area contributed by atoms with Crippen LogP contribution in [0.5, 0.6) is 0 Å². The van der Waals surface area contributed by atoms with Gasteiger partial charge in [0.05, 0.1) is 6.20 Å². The molecule has 0 spiro atoms. The number of thioether (sulfide) groups is 1. The lowest BCUT2D eigenvalue weighted by atomic mass is 10.5. The minimum absolute atomic E-state index is 0.353. The molecule has 0 N–H and O–H groups in total. The lowest BCUT2D eigenvalue weighted by molar-refractivity contribution is 0.617. The molecule has 0 aliphatic heterocycles. The van der Waals surface area contributed by atoms with Gasteiger partial charge in [-0.05, 0) is 12.3 Å². The van der Waals surface area contributed by atoms with Crippen molar-refractivity contribution in [1.29, 1.82) is 0 Å². The van der Waals surface area contributed by atoms with E-state index in [9.17, 15) is 4.39 Å². The molecular formula is C6H5ClFNS. The van der Waals surface area contributed by atoms with Gasteiger partial charge >= 0.3 is 0 Å². The fourth-order valence-electron chi connectivity index (χ4n) is 0.547. The molecule has 1 aromatic rings. The molecule has 0 unspecified atom stereocenters. The molecule has 0 saturated heterocycles. The van der Waals surface area contributed by atoms with Crippen molar-refractivity contribution in [2.24, 2.45) is 0 Å². The molecule has 1 heterocycles. The molecule has 0 bridgehead atoms. The first-order chi connectivity index (χ1) is 4.74. The number of hydrogen-bond donors (Lipinski definition) is 0. The second kappa shape index (κ2) is 3.21. The average molecular weight is 178 g/mol.